The van der Waals surface area contributed by atoms with Crippen LogP contribution in [0.5, 0.6) is 0 Å². The third-order valence-electron chi connectivity index (χ3n) is 1.36. The number of hydrogen-bond donors (Lipinski definition) is 2. The number of carboxylic acids is 1. The van der Waals surface area contributed by atoms with Gasteiger partial charge in [0.15, 0.2) is 0 Å². The van der Waals surface area contributed by atoms with E-state index < -0.39 is 5.97 Å². The van der Waals surface area contributed by atoms with Crippen LogP contribution in [0.2, 0.25) is 0 Å². The molecule has 0 bridgehead atoms. The molecule has 11 heavy (non-hydrogen) atoms. The Labute approximate surface area is 68.5 Å². The minimum atomic E-state index is -0.807. The second-order valence-corrected chi connectivity index (χ2v) is 3.14. The molecule has 0 fully saturated rings. The number of rotatable bonds is 3. The van der Waals surface area contributed by atoms with Crippen LogP contribution in [0.3, 0.4) is 0 Å². The average Bonchev–Trinajstić information content (AvgIpc) is 2.34. The van der Waals surface area contributed by atoms with Gasteiger partial charge in [0.25, 0.3) is 0 Å². The highest BCUT2D eigenvalue weighted by Gasteiger charge is 2.05. The highest BCUT2D eigenvalue weighted by atomic mass is 32.1. The summed E-state index contributed by atoms with van der Waals surface area (Å²) in [7, 11) is 0. The molecule has 1 aromatic heterocycles. The van der Waals surface area contributed by atoms with Crippen molar-refractivity contribution in [2.75, 3.05) is 0 Å². The summed E-state index contributed by atoms with van der Waals surface area (Å²) < 4.78 is 0. The molecule has 4 heteroatoms. The Morgan fingerprint density at radius 2 is 2.45 bits per heavy atom. The minimum Gasteiger partial charge on any atom is -0.481 e. The number of hydrogen-bond acceptors (Lipinski definition) is 3. The molecular formula is C7H9NO2S. The Bertz CT molecular complexity index is 257. The average molecular weight is 171 g/mol. The van der Waals surface area contributed by atoms with Crippen molar-refractivity contribution in [1.82, 2.24) is 0 Å². The third-order valence-corrected chi connectivity index (χ3v) is 2.35. The Hall–Kier alpha value is -0.870. The molecule has 0 saturated heterocycles. The van der Waals surface area contributed by atoms with Crippen molar-refractivity contribution in [1.29, 1.82) is 0 Å². The van der Waals surface area contributed by atoms with Crippen molar-refractivity contribution >= 4 is 17.3 Å². The molecule has 3 nitrogen and oxygen atoms in total. The van der Waals surface area contributed by atoms with Gasteiger partial charge in [0.2, 0.25) is 0 Å². The first-order valence-electron chi connectivity index (χ1n) is 3.21. The lowest BCUT2D eigenvalue weighted by molar-refractivity contribution is -0.136. The van der Waals surface area contributed by atoms with Crippen LogP contribution >= 0.6 is 11.3 Å². The predicted molar refractivity (Wildman–Crippen MR) is 43.6 cm³/mol. The van der Waals surface area contributed by atoms with Crippen molar-refractivity contribution < 1.29 is 9.90 Å². The van der Waals surface area contributed by atoms with E-state index >= 15 is 0 Å². The van der Waals surface area contributed by atoms with E-state index in [4.69, 9.17) is 10.8 Å². The largest absolute Gasteiger partial charge is 0.481 e. The number of aliphatic carboxylic acids is 1. The van der Waals surface area contributed by atoms with E-state index in [9.17, 15) is 4.79 Å². The standard InChI is InChI=1S/C7H9NO2S/c8-4-6-5(1-2-11-6)3-7(9)10/h1-2H,3-4,8H2,(H,9,10). The fourth-order valence-electron chi connectivity index (χ4n) is 0.867. The van der Waals surface area contributed by atoms with Crippen molar-refractivity contribution in [3.8, 4) is 0 Å². The Morgan fingerprint density at radius 1 is 1.73 bits per heavy atom. The fourth-order valence-corrected chi connectivity index (χ4v) is 1.65. The van der Waals surface area contributed by atoms with Crippen LogP contribution < -0.4 is 5.73 Å². The summed E-state index contributed by atoms with van der Waals surface area (Å²) in [6.07, 6.45) is 0.0794. The summed E-state index contributed by atoms with van der Waals surface area (Å²) >= 11 is 1.50. The lowest BCUT2D eigenvalue weighted by Gasteiger charge is -1.95. The predicted octanol–water partition coefficient (Wildman–Crippen LogP) is 0.834. The fraction of sp³-hybridized carbons (Fsp3) is 0.286. The van der Waals surface area contributed by atoms with Crippen LogP contribution in [0.4, 0.5) is 0 Å². The van der Waals surface area contributed by atoms with Gasteiger partial charge < -0.3 is 10.8 Å². The summed E-state index contributed by atoms with van der Waals surface area (Å²) in [4.78, 5) is 11.3. The molecule has 1 heterocycles. The Morgan fingerprint density at radius 3 is 3.00 bits per heavy atom. The van der Waals surface area contributed by atoms with Crippen molar-refractivity contribution in [2.45, 2.75) is 13.0 Å². The van der Waals surface area contributed by atoms with E-state index in [0.717, 1.165) is 10.4 Å². The first kappa shape index (κ1) is 8.23. The normalized spacial score (nSPS) is 9.91. The van der Waals surface area contributed by atoms with E-state index in [-0.39, 0.29) is 6.42 Å². The molecule has 1 aromatic rings. The summed E-state index contributed by atoms with van der Waals surface area (Å²) in [5.74, 6) is -0.807. The first-order valence-corrected chi connectivity index (χ1v) is 4.09. The van der Waals surface area contributed by atoms with E-state index in [1.807, 2.05) is 5.38 Å². The molecule has 1 rings (SSSR count). The second kappa shape index (κ2) is 3.50. The lowest BCUT2D eigenvalue weighted by atomic mass is 10.2. The van der Waals surface area contributed by atoms with Gasteiger partial charge in [0.1, 0.15) is 0 Å². The van der Waals surface area contributed by atoms with Gasteiger partial charge in [-0.2, -0.15) is 0 Å². The molecule has 3 N–H and O–H groups in total. The van der Waals surface area contributed by atoms with Gasteiger partial charge in [-0.1, -0.05) is 0 Å². The maximum atomic E-state index is 10.3. The molecule has 0 atom stereocenters. The second-order valence-electron chi connectivity index (χ2n) is 2.14. The van der Waals surface area contributed by atoms with Gasteiger partial charge in [-0.3, -0.25) is 4.79 Å². The molecule has 0 amide bonds. The topological polar surface area (TPSA) is 63.3 Å². The molecule has 60 valence electrons. The van der Waals surface area contributed by atoms with Crippen LogP contribution in [0, 0.1) is 0 Å². The molecular weight excluding hydrogens is 162 g/mol. The quantitative estimate of drug-likeness (QED) is 0.708. The van der Waals surface area contributed by atoms with Gasteiger partial charge in [-0.25, -0.2) is 0 Å². The monoisotopic (exact) mass is 171 g/mol. The molecule has 0 aliphatic heterocycles. The van der Waals surface area contributed by atoms with Crippen molar-refractivity contribution in [3.05, 3.63) is 21.9 Å². The van der Waals surface area contributed by atoms with E-state index in [2.05, 4.69) is 0 Å². The number of nitrogens with two attached hydrogens (primary N) is 1. The molecule has 0 spiro atoms. The van der Waals surface area contributed by atoms with Crippen LogP contribution in [0.25, 0.3) is 0 Å². The zero-order chi connectivity index (χ0) is 8.27. The maximum absolute atomic E-state index is 10.3. The Balaban J connectivity index is 2.76. The highest BCUT2D eigenvalue weighted by Crippen LogP contribution is 2.16. The van der Waals surface area contributed by atoms with Crippen LogP contribution in [0.15, 0.2) is 11.4 Å². The van der Waals surface area contributed by atoms with Crippen molar-refractivity contribution in [2.24, 2.45) is 5.73 Å². The first-order chi connectivity index (χ1) is 5.24. The highest BCUT2D eigenvalue weighted by molar-refractivity contribution is 7.10. The van der Waals surface area contributed by atoms with Gasteiger partial charge in [-0.15, -0.1) is 11.3 Å². The van der Waals surface area contributed by atoms with E-state index in [0.29, 0.717) is 6.54 Å². The zero-order valence-corrected chi connectivity index (χ0v) is 6.73. The third kappa shape index (κ3) is 2.03. The number of carboxylic acid groups (broad SMARTS) is 1. The molecule has 0 aromatic carbocycles. The smallest absolute Gasteiger partial charge is 0.307 e. The van der Waals surface area contributed by atoms with E-state index in [1.54, 1.807) is 6.07 Å². The summed E-state index contributed by atoms with van der Waals surface area (Å²) in [6.45, 7) is 0.431. The zero-order valence-electron chi connectivity index (χ0n) is 5.91. The van der Waals surface area contributed by atoms with Crippen LogP contribution in [-0.2, 0) is 17.8 Å². The molecule has 0 saturated carbocycles. The van der Waals surface area contributed by atoms with Crippen molar-refractivity contribution in [3.63, 3.8) is 0 Å². The number of carbonyl (C=O) groups is 1. The maximum Gasteiger partial charge on any atom is 0.307 e. The molecule has 0 aliphatic rings. The van der Waals surface area contributed by atoms with Gasteiger partial charge in [0, 0.05) is 11.4 Å². The number of thiophene rings is 1. The van der Waals surface area contributed by atoms with Gasteiger partial charge in [0.05, 0.1) is 6.42 Å². The molecule has 0 unspecified atom stereocenters. The minimum absolute atomic E-state index is 0.0794. The summed E-state index contributed by atoms with van der Waals surface area (Å²) in [5, 5.41) is 10.3. The molecule has 0 aliphatic carbocycles. The van der Waals surface area contributed by atoms with Gasteiger partial charge >= 0.3 is 5.97 Å². The molecule has 0 radical (unpaired) electrons. The summed E-state index contributed by atoms with van der Waals surface area (Å²) in [6, 6.07) is 1.81. The summed E-state index contributed by atoms with van der Waals surface area (Å²) in [5.41, 5.74) is 6.23. The van der Waals surface area contributed by atoms with Crippen LogP contribution in [-0.4, -0.2) is 11.1 Å². The van der Waals surface area contributed by atoms with Crippen LogP contribution in [0.1, 0.15) is 10.4 Å². The van der Waals surface area contributed by atoms with E-state index in [1.165, 1.54) is 11.3 Å². The SMILES string of the molecule is NCc1sccc1CC(=O)O. The van der Waals surface area contributed by atoms with Gasteiger partial charge in [-0.05, 0) is 17.0 Å². The Kier molecular flexibility index (Phi) is 2.62. The lowest BCUT2D eigenvalue weighted by Crippen LogP contribution is -2.03.